The van der Waals surface area contributed by atoms with E-state index in [1.807, 2.05) is 0 Å². The minimum absolute atomic E-state index is 0.0190. The maximum absolute atomic E-state index is 9.49. The van der Waals surface area contributed by atoms with E-state index in [1.54, 1.807) is 0 Å². The average Bonchev–Trinajstić information content (AvgIpc) is 2.52. The molecule has 1 atom stereocenters. The van der Waals surface area contributed by atoms with Crippen LogP contribution in [0.5, 0.6) is 0 Å². The molecule has 0 spiro atoms. The van der Waals surface area contributed by atoms with Crippen molar-refractivity contribution in [3.8, 4) is 6.07 Å². The maximum atomic E-state index is 9.49. The summed E-state index contributed by atoms with van der Waals surface area (Å²) >= 11 is 0. The molecule has 1 heteroatoms. The largest absolute Gasteiger partial charge is 0.198 e. The Morgan fingerprint density at radius 3 is 2.30 bits per heavy atom. The molecule has 0 aliphatic heterocycles. The zero-order valence-corrected chi connectivity index (χ0v) is 11.6. The van der Waals surface area contributed by atoms with Crippen molar-refractivity contribution in [1.82, 2.24) is 0 Å². The molecule has 0 heterocycles. The molecule has 20 heavy (non-hydrogen) atoms. The lowest BCUT2D eigenvalue weighted by Gasteiger charge is -2.14. The van der Waals surface area contributed by atoms with E-state index in [4.69, 9.17) is 0 Å². The summed E-state index contributed by atoms with van der Waals surface area (Å²) in [6, 6.07) is 21.5. The molecule has 3 rings (SSSR count). The lowest BCUT2D eigenvalue weighted by Crippen LogP contribution is -1.97. The highest BCUT2D eigenvalue weighted by Crippen LogP contribution is 2.34. The number of hydrogen-bond donors (Lipinski definition) is 0. The molecule has 0 aliphatic carbocycles. The van der Waals surface area contributed by atoms with E-state index in [0.717, 1.165) is 12.8 Å². The van der Waals surface area contributed by atoms with Crippen LogP contribution in [0.3, 0.4) is 0 Å². The predicted molar refractivity (Wildman–Crippen MR) is 84.7 cm³/mol. The Morgan fingerprint density at radius 2 is 1.60 bits per heavy atom. The number of fused-ring (bicyclic) bond motifs is 3. The van der Waals surface area contributed by atoms with Gasteiger partial charge in [-0.25, -0.2) is 0 Å². The SMILES string of the molecule is CCCC(C#N)c1cc2ccccc2c2ccccc12. The molecule has 98 valence electrons. The van der Waals surface area contributed by atoms with Crippen LogP contribution < -0.4 is 0 Å². The van der Waals surface area contributed by atoms with Gasteiger partial charge in [-0.05, 0) is 39.6 Å². The first-order chi connectivity index (χ1) is 9.85. The van der Waals surface area contributed by atoms with Gasteiger partial charge in [0, 0.05) is 0 Å². The first-order valence-corrected chi connectivity index (χ1v) is 7.15. The second-order valence-corrected chi connectivity index (χ2v) is 5.20. The normalized spacial score (nSPS) is 12.4. The molecule has 0 aromatic heterocycles. The van der Waals surface area contributed by atoms with Crippen molar-refractivity contribution >= 4 is 21.5 Å². The van der Waals surface area contributed by atoms with Gasteiger partial charge < -0.3 is 0 Å². The van der Waals surface area contributed by atoms with Gasteiger partial charge in [0.1, 0.15) is 0 Å². The Balaban J connectivity index is 2.37. The van der Waals surface area contributed by atoms with Crippen molar-refractivity contribution in [3.05, 3.63) is 60.2 Å². The van der Waals surface area contributed by atoms with Crippen LogP contribution in [0.15, 0.2) is 54.6 Å². The molecular formula is C19H17N. The summed E-state index contributed by atoms with van der Waals surface area (Å²) in [5, 5.41) is 14.4. The fourth-order valence-electron chi connectivity index (χ4n) is 2.95. The molecular weight excluding hydrogens is 242 g/mol. The summed E-state index contributed by atoms with van der Waals surface area (Å²) in [6.07, 6.45) is 1.94. The van der Waals surface area contributed by atoms with E-state index in [9.17, 15) is 5.26 Å². The molecule has 0 aliphatic rings. The fraction of sp³-hybridized carbons (Fsp3) is 0.211. The van der Waals surface area contributed by atoms with Gasteiger partial charge in [0.15, 0.2) is 0 Å². The smallest absolute Gasteiger partial charge is 0.0718 e. The Kier molecular flexibility index (Phi) is 3.39. The second kappa shape index (κ2) is 5.35. The van der Waals surface area contributed by atoms with Gasteiger partial charge in [-0.1, -0.05) is 61.9 Å². The van der Waals surface area contributed by atoms with Crippen LogP contribution in [-0.2, 0) is 0 Å². The number of nitrogens with zero attached hydrogens (tertiary/aromatic N) is 1. The van der Waals surface area contributed by atoms with E-state index < -0.39 is 0 Å². The van der Waals surface area contributed by atoms with Gasteiger partial charge in [0.05, 0.1) is 12.0 Å². The average molecular weight is 259 g/mol. The molecule has 0 amide bonds. The summed E-state index contributed by atoms with van der Waals surface area (Å²) in [4.78, 5) is 0. The van der Waals surface area contributed by atoms with Crippen LogP contribution in [0.2, 0.25) is 0 Å². The topological polar surface area (TPSA) is 23.8 Å². The van der Waals surface area contributed by atoms with Crippen LogP contribution in [0.25, 0.3) is 21.5 Å². The molecule has 0 N–H and O–H groups in total. The molecule has 0 radical (unpaired) electrons. The van der Waals surface area contributed by atoms with E-state index in [0.29, 0.717) is 0 Å². The number of hydrogen-bond acceptors (Lipinski definition) is 1. The maximum Gasteiger partial charge on any atom is 0.0718 e. The van der Waals surface area contributed by atoms with Crippen LogP contribution in [0.1, 0.15) is 31.2 Å². The summed E-state index contributed by atoms with van der Waals surface area (Å²) in [5.74, 6) is -0.0190. The highest BCUT2D eigenvalue weighted by molar-refractivity contribution is 6.09. The summed E-state index contributed by atoms with van der Waals surface area (Å²) in [6.45, 7) is 2.13. The minimum Gasteiger partial charge on any atom is -0.198 e. The van der Waals surface area contributed by atoms with Crippen molar-refractivity contribution < 1.29 is 0 Å². The van der Waals surface area contributed by atoms with Gasteiger partial charge >= 0.3 is 0 Å². The second-order valence-electron chi connectivity index (χ2n) is 5.20. The molecule has 1 nitrogen and oxygen atoms in total. The van der Waals surface area contributed by atoms with E-state index in [1.165, 1.54) is 27.1 Å². The minimum atomic E-state index is -0.0190. The standard InChI is InChI=1S/C19H17N/c1-2-7-15(13-20)19-12-14-8-3-4-9-16(14)17-10-5-6-11-18(17)19/h3-6,8-12,15H,2,7H2,1H3. The summed E-state index contributed by atoms with van der Waals surface area (Å²) < 4.78 is 0. The Bertz CT molecular complexity index is 796. The lowest BCUT2D eigenvalue weighted by atomic mass is 9.88. The van der Waals surface area contributed by atoms with Crippen LogP contribution in [-0.4, -0.2) is 0 Å². The molecule has 0 bridgehead atoms. The van der Waals surface area contributed by atoms with E-state index in [-0.39, 0.29) is 5.92 Å². The zero-order valence-electron chi connectivity index (χ0n) is 11.6. The first-order valence-electron chi connectivity index (χ1n) is 7.15. The lowest BCUT2D eigenvalue weighted by molar-refractivity contribution is 0.732. The Hall–Kier alpha value is -2.33. The molecule has 0 saturated heterocycles. The third kappa shape index (κ3) is 2.04. The molecule has 0 fully saturated rings. The first kappa shape index (κ1) is 12.7. The van der Waals surface area contributed by atoms with Gasteiger partial charge in [-0.15, -0.1) is 0 Å². The van der Waals surface area contributed by atoms with E-state index in [2.05, 4.69) is 67.6 Å². The Labute approximate surface area is 119 Å². The summed E-state index contributed by atoms with van der Waals surface area (Å²) in [5.41, 5.74) is 1.17. The van der Waals surface area contributed by atoms with Gasteiger partial charge in [-0.2, -0.15) is 5.26 Å². The molecule has 3 aromatic carbocycles. The van der Waals surface area contributed by atoms with Crippen molar-refractivity contribution in [2.45, 2.75) is 25.7 Å². The van der Waals surface area contributed by atoms with Crippen molar-refractivity contribution in [2.24, 2.45) is 0 Å². The highest BCUT2D eigenvalue weighted by Gasteiger charge is 2.14. The van der Waals surface area contributed by atoms with Crippen molar-refractivity contribution in [1.29, 1.82) is 5.26 Å². The summed E-state index contributed by atoms with van der Waals surface area (Å²) in [7, 11) is 0. The van der Waals surface area contributed by atoms with Crippen LogP contribution >= 0.6 is 0 Å². The third-order valence-electron chi connectivity index (χ3n) is 3.91. The number of nitriles is 1. The van der Waals surface area contributed by atoms with E-state index >= 15 is 0 Å². The third-order valence-corrected chi connectivity index (χ3v) is 3.91. The monoisotopic (exact) mass is 259 g/mol. The number of benzene rings is 3. The fourth-order valence-corrected chi connectivity index (χ4v) is 2.95. The van der Waals surface area contributed by atoms with Gasteiger partial charge in [-0.3, -0.25) is 0 Å². The molecule has 3 aromatic rings. The molecule has 0 saturated carbocycles. The Morgan fingerprint density at radius 1 is 0.950 bits per heavy atom. The van der Waals surface area contributed by atoms with Gasteiger partial charge in [0.25, 0.3) is 0 Å². The molecule has 1 unspecified atom stereocenters. The van der Waals surface area contributed by atoms with Crippen LogP contribution in [0, 0.1) is 11.3 Å². The predicted octanol–water partition coefficient (Wildman–Crippen LogP) is 5.40. The zero-order chi connectivity index (χ0) is 13.9. The van der Waals surface area contributed by atoms with Crippen LogP contribution in [0.4, 0.5) is 0 Å². The highest BCUT2D eigenvalue weighted by atomic mass is 14.3. The van der Waals surface area contributed by atoms with Crippen molar-refractivity contribution in [2.75, 3.05) is 0 Å². The van der Waals surface area contributed by atoms with Crippen molar-refractivity contribution in [3.63, 3.8) is 0 Å². The van der Waals surface area contributed by atoms with Gasteiger partial charge in [0.2, 0.25) is 0 Å². The number of rotatable bonds is 3. The quantitative estimate of drug-likeness (QED) is 0.578.